The molecule has 1 amide bonds. The van der Waals surface area contributed by atoms with E-state index in [1.807, 2.05) is 19.0 Å². The first-order chi connectivity index (χ1) is 19.8. The number of hydrogen-bond donors (Lipinski definition) is 5. The highest BCUT2D eigenvalue weighted by atomic mass is 16.7. The van der Waals surface area contributed by atoms with Crippen molar-refractivity contribution in [2.24, 2.45) is 17.6 Å². The molecule has 1 heterocycles. The number of fused-ring (bicyclic) bond motifs is 4. The number of aliphatic hydroxyl groups excluding tert-OH is 2. The predicted octanol–water partition coefficient (Wildman–Crippen LogP) is 1.43. The van der Waals surface area contributed by atoms with Crippen molar-refractivity contribution < 1.29 is 44.3 Å². The Morgan fingerprint density at radius 2 is 1.74 bits per heavy atom. The van der Waals surface area contributed by atoms with E-state index in [0.717, 1.165) is 0 Å². The van der Waals surface area contributed by atoms with Crippen LogP contribution in [0.4, 0.5) is 5.69 Å². The molecule has 0 radical (unpaired) electrons. The fraction of sp³-hybridized carbons (Fsp3) is 0.367. The number of hydrogen-bond acceptors (Lipinski definition) is 11. The third kappa shape index (κ3) is 3.58. The van der Waals surface area contributed by atoms with Crippen molar-refractivity contribution in [3.05, 3.63) is 52.3 Å². The van der Waals surface area contributed by atoms with Gasteiger partial charge in [-0.05, 0) is 62.2 Å². The molecule has 0 spiro atoms. The first-order valence-electron chi connectivity index (χ1n) is 13.4. The van der Waals surface area contributed by atoms with Gasteiger partial charge in [-0.1, -0.05) is 6.07 Å². The number of anilines is 1. The van der Waals surface area contributed by atoms with Gasteiger partial charge in [0.1, 0.15) is 22.8 Å². The van der Waals surface area contributed by atoms with Crippen molar-refractivity contribution in [3.8, 4) is 28.4 Å². The second-order valence-corrected chi connectivity index (χ2v) is 11.6. The Bertz CT molecular complexity index is 1660. The van der Waals surface area contributed by atoms with Crippen molar-refractivity contribution in [1.29, 1.82) is 0 Å². The summed E-state index contributed by atoms with van der Waals surface area (Å²) in [6, 6.07) is 5.78. The van der Waals surface area contributed by atoms with E-state index in [0.29, 0.717) is 33.9 Å². The molecule has 3 aliphatic carbocycles. The molecule has 4 aliphatic rings. The zero-order valence-corrected chi connectivity index (χ0v) is 23.5. The SMILES string of the molecule is CN(C)c1cc(-c2ccc3c(c2)OCO3)c(O)c2c1CC1CC3C(N(C)C)C(=O)C(C(N)=O)=C(O)C3(O)C(=O)C1=C2O. The van der Waals surface area contributed by atoms with Crippen LogP contribution >= 0.6 is 0 Å². The fourth-order valence-corrected chi connectivity index (χ4v) is 6.97. The second kappa shape index (κ2) is 9.23. The molecule has 2 aromatic carbocycles. The summed E-state index contributed by atoms with van der Waals surface area (Å²) in [7, 11) is 6.75. The molecule has 1 aliphatic heterocycles. The van der Waals surface area contributed by atoms with Gasteiger partial charge in [-0.2, -0.15) is 0 Å². The smallest absolute Gasteiger partial charge is 0.255 e. The number of ether oxygens (including phenoxy) is 2. The maximum absolute atomic E-state index is 14.1. The van der Waals surface area contributed by atoms with E-state index < -0.39 is 58.0 Å². The lowest BCUT2D eigenvalue weighted by atomic mass is 9.57. The van der Waals surface area contributed by atoms with Crippen LogP contribution in [0.25, 0.3) is 16.9 Å². The third-order valence-electron chi connectivity index (χ3n) is 8.86. The molecule has 6 N–H and O–H groups in total. The molecule has 12 heteroatoms. The molecule has 220 valence electrons. The Kier molecular flexibility index (Phi) is 6.07. The number of aliphatic hydroxyl groups is 3. The number of carbonyl (C=O) groups excluding carboxylic acids is 3. The number of aromatic hydroxyl groups is 1. The average molecular weight is 578 g/mol. The van der Waals surface area contributed by atoms with E-state index in [1.165, 1.54) is 4.90 Å². The number of benzene rings is 2. The number of rotatable bonds is 4. The number of nitrogens with zero attached hydrogens (tertiary/aromatic N) is 2. The number of phenols is 1. The molecule has 0 bridgehead atoms. The number of carbonyl (C=O) groups is 3. The summed E-state index contributed by atoms with van der Waals surface area (Å²) in [5.74, 6) is -5.84. The predicted molar refractivity (Wildman–Crippen MR) is 150 cm³/mol. The summed E-state index contributed by atoms with van der Waals surface area (Å²) in [6.07, 6.45) is 0.209. The quantitative estimate of drug-likeness (QED) is 0.331. The number of amides is 1. The minimum atomic E-state index is -2.69. The lowest BCUT2D eigenvalue weighted by Crippen LogP contribution is -2.65. The maximum Gasteiger partial charge on any atom is 0.255 e. The minimum absolute atomic E-state index is 0.0172. The number of phenolic OH excluding ortho intramolecular Hbond substituents is 1. The first-order valence-corrected chi connectivity index (χ1v) is 13.4. The van der Waals surface area contributed by atoms with E-state index in [-0.39, 0.29) is 36.5 Å². The number of ketones is 2. The summed E-state index contributed by atoms with van der Waals surface area (Å²) >= 11 is 0. The zero-order valence-electron chi connectivity index (χ0n) is 23.5. The Morgan fingerprint density at radius 3 is 2.38 bits per heavy atom. The highest BCUT2D eigenvalue weighted by Gasteiger charge is 2.64. The minimum Gasteiger partial charge on any atom is -0.508 e. The van der Waals surface area contributed by atoms with Gasteiger partial charge in [-0.3, -0.25) is 19.3 Å². The van der Waals surface area contributed by atoms with Crippen LogP contribution in [0.5, 0.6) is 17.2 Å². The van der Waals surface area contributed by atoms with E-state index in [4.69, 9.17) is 15.2 Å². The molecule has 12 nitrogen and oxygen atoms in total. The van der Waals surface area contributed by atoms with E-state index in [1.54, 1.807) is 38.4 Å². The van der Waals surface area contributed by atoms with Gasteiger partial charge in [0.2, 0.25) is 12.6 Å². The fourth-order valence-electron chi connectivity index (χ4n) is 6.97. The van der Waals surface area contributed by atoms with Gasteiger partial charge in [0.05, 0.1) is 11.6 Å². The Balaban J connectivity index is 1.57. The normalized spacial score (nSPS) is 26.3. The molecule has 1 fully saturated rings. The van der Waals surface area contributed by atoms with Crippen LogP contribution in [0, 0.1) is 11.8 Å². The number of nitrogens with two attached hydrogens (primary N) is 1. The molecule has 6 rings (SSSR count). The highest BCUT2D eigenvalue weighted by Crippen LogP contribution is 2.55. The Hall–Kier alpha value is -4.55. The Morgan fingerprint density at radius 1 is 1.05 bits per heavy atom. The topological polar surface area (TPSA) is 183 Å². The Labute approximate surface area is 240 Å². The molecule has 4 unspecified atom stereocenters. The van der Waals surface area contributed by atoms with Gasteiger partial charge in [0.25, 0.3) is 5.91 Å². The van der Waals surface area contributed by atoms with Crippen LogP contribution in [-0.2, 0) is 20.8 Å². The summed E-state index contributed by atoms with van der Waals surface area (Å²) < 4.78 is 10.9. The molecular weight excluding hydrogens is 546 g/mol. The number of likely N-dealkylation sites (N-methyl/N-ethyl adjacent to an activating group) is 1. The first kappa shape index (κ1) is 27.6. The van der Waals surface area contributed by atoms with Crippen LogP contribution < -0.4 is 20.1 Å². The monoisotopic (exact) mass is 577 g/mol. The van der Waals surface area contributed by atoms with Crippen LogP contribution in [-0.4, -0.2) is 89.4 Å². The van der Waals surface area contributed by atoms with Gasteiger partial charge in [0.15, 0.2) is 22.9 Å². The lowest BCUT2D eigenvalue weighted by molar-refractivity contribution is -0.153. The van der Waals surface area contributed by atoms with Crippen molar-refractivity contribution >= 4 is 28.9 Å². The molecule has 4 atom stereocenters. The number of Topliss-reactive ketones (excluding diaryl/α,β-unsaturated/α-hetero) is 2. The molecular formula is C30H31N3O9. The standard InChI is InChI=1S/C30H31N3O9/c1-32(2)17-10-14(12-5-6-18-19(9-12)42-11-41-18)24(34)21-15(17)7-13-8-16-23(33(3)4)26(36)22(29(31)39)28(38)30(16,40)27(37)20(13)25(21)35/h5-6,9-10,13,16,23,34-35,38,40H,7-8,11H2,1-4H3,(H2,31,39). The van der Waals surface area contributed by atoms with Crippen molar-refractivity contribution in [2.45, 2.75) is 24.5 Å². The van der Waals surface area contributed by atoms with Crippen molar-refractivity contribution in [2.75, 3.05) is 39.9 Å². The largest absolute Gasteiger partial charge is 0.508 e. The van der Waals surface area contributed by atoms with Gasteiger partial charge >= 0.3 is 0 Å². The van der Waals surface area contributed by atoms with Crippen LogP contribution in [0.15, 0.2) is 41.2 Å². The van der Waals surface area contributed by atoms with Gasteiger partial charge < -0.3 is 40.5 Å². The number of primary amides is 1. The summed E-state index contributed by atoms with van der Waals surface area (Å²) in [5.41, 5.74) is 3.85. The molecule has 0 saturated heterocycles. The molecule has 0 aromatic heterocycles. The highest BCUT2D eigenvalue weighted by molar-refractivity contribution is 6.24. The molecule has 1 saturated carbocycles. The third-order valence-corrected chi connectivity index (χ3v) is 8.86. The zero-order chi connectivity index (χ0) is 30.4. The van der Waals surface area contributed by atoms with E-state index in [2.05, 4.69) is 0 Å². The van der Waals surface area contributed by atoms with Crippen molar-refractivity contribution in [3.63, 3.8) is 0 Å². The van der Waals surface area contributed by atoms with Crippen LogP contribution in [0.1, 0.15) is 17.5 Å². The summed E-state index contributed by atoms with van der Waals surface area (Å²) in [6.45, 7) is 0.0667. The van der Waals surface area contributed by atoms with Crippen molar-refractivity contribution in [1.82, 2.24) is 4.90 Å². The average Bonchev–Trinajstić information content (AvgIpc) is 3.38. The molecule has 42 heavy (non-hydrogen) atoms. The maximum atomic E-state index is 14.1. The van der Waals surface area contributed by atoms with Gasteiger partial charge in [-0.15, -0.1) is 0 Å². The van der Waals surface area contributed by atoms with Crippen LogP contribution in [0.2, 0.25) is 0 Å². The van der Waals surface area contributed by atoms with Crippen LogP contribution in [0.3, 0.4) is 0 Å². The van der Waals surface area contributed by atoms with Gasteiger partial charge in [-0.25, -0.2) is 0 Å². The van der Waals surface area contributed by atoms with Gasteiger partial charge in [0, 0.05) is 36.8 Å². The van der Waals surface area contributed by atoms with E-state index in [9.17, 15) is 34.8 Å². The second-order valence-electron chi connectivity index (χ2n) is 11.6. The molecule has 2 aromatic rings. The summed E-state index contributed by atoms with van der Waals surface area (Å²) in [4.78, 5) is 42.9. The lowest BCUT2D eigenvalue weighted by Gasteiger charge is -2.50. The van der Waals surface area contributed by atoms with E-state index >= 15 is 0 Å². The summed E-state index contributed by atoms with van der Waals surface area (Å²) in [5, 5.41) is 46.1.